The van der Waals surface area contributed by atoms with Crippen molar-refractivity contribution >= 4 is 15.9 Å². The molecule has 0 aromatic heterocycles. The summed E-state index contributed by atoms with van der Waals surface area (Å²) in [5, 5.41) is 10.7. The first kappa shape index (κ1) is 15.9. The molecule has 2 rings (SSSR count). The lowest BCUT2D eigenvalue weighted by molar-refractivity contribution is -0.138. The summed E-state index contributed by atoms with van der Waals surface area (Å²) < 4.78 is 19.8. The number of ether oxygens (including phenoxy) is 1. The van der Waals surface area contributed by atoms with Crippen molar-refractivity contribution in [3.05, 3.63) is 34.1 Å². The summed E-state index contributed by atoms with van der Waals surface area (Å²) in [6.45, 7) is 2.58. The summed E-state index contributed by atoms with van der Waals surface area (Å²) in [4.78, 5) is 0. The average molecular weight is 345 g/mol. The van der Waals surface area contributed by atoms with E-state index in [1.54, 1.807) is 6.07 Å². The Hall–Kier alpha value is -0.450. The Morgan fingerprint density at radius 3 is 2.65 bits per heavy atom. The van der Waals surface area contributed by atoms with E-state index < -0.39 is 11.7 Å². The molecule has 1 atom stereocenters. The normalized spacial score (nSPS) is 19.8. The molecule has 112 valence electrons. The molecule has 0 spiro atoms. The van der Waals surface area contributed by atoms with Crippen LogP contribution in [0.3, 0.4) is 0 Å². The van der Waals surface area contributed by atoms with E-state index in [1.807, 2.05) is 6.92 Å². The van der Waals surface area contributed by atoms with E-state index >= 15 is 0 Å². The molecule has 1 aromatic rings. The Morgan fingerprint density at radius 2 is 2.05 bits per heavy atom. The number of hydrogen-bond donors (Lipinski definition) is 1. The Kier molecular flexibility index (Phi) is 5.58. The molecule has 1 N–H and O–H groups in total. The van der Waals surface area contributed by atoms with Crippen LogP contribution < -0.4 is 0 Å². The van der Waals surface area contributed by atoms with E-state index in [9.17, 15) is 9.50 Å². The molecule has 0 aliphatic heterocycles. The first-order valence-corrected chi connectivity index (χ1v) is 8.12. The molecule has 20 heavy (non-hydrogen) atoms. The fourth-order valence-corrected chi connectivity index (χ4v) is 3.61. The van der Waals surface area contributed by atoms with Gasteiger partial charge in [0.15, 0.2) is 0 Å². The molecule has 0 heterocycles. The number of rotatable bonds is 5. The molecule has 1 aliphatic carbocycles. The largest absolute Gasteiger partial charge is 0.390 e. The molecular weight excluding hydrogens is 323 g/mol. The predicted octanol–water partition coefficient (Wildman–Crippen LogP) is 4.23. The third-order valence-corrected chi connectivity index (χ3v) is 4.91. The van der Waals surface area contributed by atoms with Gasteiger partial charge in [-0.05, 0) is 37.5 Å². The predicted molar refractivity (Wildman–Crippen MR) is 81.3 cm³/mol. The van der Waals surface area contributed by atoms with Gasteiger partial charge < -0.3 is 9.84 Å². The lowest BCUT2D eigenvalue weighted by Gasteiger charge is -2.41. The minimum atomic E-state index is -0.551. The van der Waals surface area contributed by atoms with E-state index in [1.165, 1.54) is 18.6 Å². The van der Waals surface area contributed by atoms with Gasteiger partial charge in [0.25, 0.3) is 0 Å². The van der Waals surface area contributed by atoms with Gasteiger partial charge in [-0.1, -0.05) is 41.3 Å². The van der Waals surface area contributed by atoms with Crippen LogP contribution in [0, 0.1) is 5.82 Å². The van der Waals surface area contributed by atoms with Gasteiger partial charge in [0, 0.05) is 17.5 Å². The SMILES string of the molecule is CCOC1(C(O)Cc2ccc(F)cc2Br)CCCCC1. The van der Waals surface area contributed by atoms with Crippen LogP contribution in [0.15, 0.2) is 22.7 Å². The van der Waals surface area contributed by atoms with Crippen LogP contribution in [-0.2, 0) is 11.2 Å². The van der Waals surface area contributed by atoms with Gasteiger partial charge in [0.2, 0.25) is 0 Å². The van der Waals surface area contributed by atoms with Crippen LogP contribution in [0.4, 0.5) is 4.39 Å². The van der Waals surface area contributed by atoms with Gasteiger partial charge in [0.05, 0.1) is 11.7 Å². The van der Waals surface area contributed by atoms with Crippen LogP contribution >= 0.6 is 15.9 Å². The van der Waals surface area contributed by atoms with Gasteiger partial charge >= 0.3 is 0 Å². The second-order valence-electron chi connectivity index (χ2n) is 5.51. The molecule has 4 heteroatoms. The van der Waals surface area contributed by atoms with Crippen LogP contribution in [0.2, 0.25) is 0 Å². The molecular formula is C16H22BrFO2. The highest BCUT2D eigenvalue weighted by Crippen LogP contribution is 2.36. The Labute approximate surface area is 128 Å². The van der Waals surface area contributed by atoms with Gasteiger partial charge in [-0.3, -0.25) is 0 Å². The van der Waals surface area contributed by atoms with Gasteiger partial charge in [0.1, 0.15) is 5.82 Å². The maximum absolute atomic E-state index is 13.1. The Bertz CT molecular complexity index is 439. The summed E-state index contributed by atoms with van der Waals surface area (Å²) in [6.07, 6.45) is 5.15. The monoisotopic (exact) mass is 344 g/mol. The highest BCUT2D eigenvalue weighted by Gasteiger charge is 2.39. The van der Waals surface area contributed by atoms with Crippen molar-refractivity contribution < 1.29 is 14.2 Å². The van der Waals surface area contributed by atoms with Crippen molar-refractivity contribution in [1.82, 2.24) is 0 Å². The molecule has 0 saturated heterocycles. The molecule has 1 fully saturated rings. The molecule has 0 amide bonds. The van der Waals surface area contributed by atoms with Gasteiger partial charge in [-0.25, -0.2) is 4.39 Å². The molecule has 0 bridgehead atoms. The molecule has 0 radical (unpaired) electrons. The van der Waals surface area contributed by atoms with E-state index in [4.69, 9.17) is 4.74 Å². The van der Waals surface area contributed by atoms with E-state index in [-0.39, 0.29) is 5.82 Å². The van der Waals surface area contributed by atoms with E-state index in [0.29, 0.717) is 17.5 Å². The van der Waals surface area contributed by atoms with Crippen molar-refractivity contribution in [1.29, 1.82) is 0 Å². The minimum absolute atomic E-state index is 0.271. The fraction of sp³-hybridized carbons (Fsp3) is 0.625. The summed E-state index contributed by atoms with van der Waals surface area (Å²) >= 11 is 3.36. The standard InChI is InChI=1S/C16H22BrFO2/c1-2-20-16(8-4-3-5-9-16)15(19)10-12-6-7-13(18)11-14(12)17/h6-7,11,15,19H,2-5,8-10H2,1H3. The Balaban J connectivity index is 2.13. The fourth-order valence-electron chi connectivity index (χ4n) is 3.09. The van der Waals surface area contributed by atoms with Crippen molar-refractivity contribution in [2.45, 2.75) is 57.2 Å². The van der Waals surface area contributed by atoms with Crippen LogP contribution in [-0.4, -0.2) is 23.4 Å². The van der Waals surface area contributed by atoms with Crippen molar-refractivity contribution in [3.8, 4) is 0 Å². The number of aliphatic hydroxyl groups excluding tert-OH is 1. The second-order valence-corrected chi connectivity index (χ2v) is 6.37. The topological polar surface area (TPSA) is 29.5 Å². The third kappa shape index (κ3) is 3.60. The summed E-state index contributed by atoms with van der Waals surface area (Å²) in [5.41, 5.74) is 0.490. The minimum Gasteiger partial charge on any atom is -0.390 e. The number of hydrogen-bond acceptors (Lipinski definition) is 2. The van der Waals surface area contributed by atoms with E-state index in [2.05, 4.69) is 15.9 Å². The van der Waals surface area contributed by atoms with Crippen molar-refractivity contribution in [2.75, 3.05) is 6.61 Å². The highest BCUT2D eigenvalue weighted by atomic mass is 79.9. The maximum atomic E-state index is 13.1. The average Bonchev–Trinajstić information content (AvgIpc) is 2.43. The van der Waals surface area contributed by atoms with E-state index in [0.717, 1.165) is 31.2 Å². The van der Waals surface area contributed by atoms with Gasteiger partial charge in [-0.15, -0.1) is 0 Å². The van der Waals surface area contributed by atoms with Crippen molar-refractivity contribution in [2.24, 2.45) is 0 Å². The zero-order valence-electron chi connectivity index (χ0n) is 11.9. The third-order valence-electron chi connectivity index (χ3n) is 4.17. The first-order valence-electron chi connectivity index (χ1n) is 7.33. The molecule has 2 nitrogen and oxygen atoms in total. The lowest BCUT2D eigenvalue weighted by atomic mass is 9.78. The highest BCUT2D eigenvalue weighted by molar-refractivity contribution is 9.10. The Morgan fingerprint density at radius 1 is 1.35 bits per heavy atom. The van der Waals surface area contributed by atoms with Crippen LogP contribution in [0.25, 0.3) is 0 Å². The molecule has 1 saturated carbocycles. The van der Waals surface area contributed by atoms with Crippen LogP contribution in [0.1, 0.15) is 44.6 Å². The number of benzene rings is 1. The number of aliphatic hydroxyl groups is 1. The first-order chi connectivity index (χ1) is 9.57. The van der Waals surface area contributed by atoms with Crippen molar-refractivity contribution in [3.63, 3.8) is 0 Å². The zero-order valence-corrected chi connectivity index (χ0v) is 13.5. The quantitative estimate of drug-likeness (QED) is 0.865. The van der Waals surface area contributed by atoms with Gasteiger partial charge in [-0.2, -0.15) is 0 Å². The lowest BCUT2D eigenvalue weighted by Crippen LogP contribution is -2.47. The molecule has 1 unspecified atom stereocenters. The summed E-state index contributed by atoms with van der Waals surface area (Å²) in [7, 11) is 0. The maximum Gasteiger partial charge on any atom is 0.124 e. The summed E-state index contributed by atoms with van der Waals surface area (Å²) in [5.74, 6) is -0.271. The molecule has 1 aliphatic rings. The number of halogens is 2. The second kappa shape index (κ2) is 7.01. The summed E-state index contributed by atoms with van der Waals surface area (Å²) in [6, 6.07) is 4.60. The smallest absolute Gasteiger partial charge is 0.124 e. The van der Waals surface area contributed by atoms with Crippen LogP contribution in [0.5, 0.6) is 0 Å². The molecule has 1 aromatic carbocycles. The zero-order chi connectivity index (χ0) is 14.6.